The highest BCUT2D eigenvalue weighted by Gasteiger charge is 2.61. The van der Waals surface area contributed by atoms with Crippen LogP contribution in [0.4, 0.5) is 0 Å². The van der Waals surface area contributed by atoms with Crippen LogP contribution in [0.5, 0.6) is 0 Å². The van der Waals surface area contributed by atoms with Gasteiger partial charge in [-0.2, -0.15) is 8.42 Å². The molecule has 5 fully saturated rings. The summed E-state index contributed by atoms with van der Waals surface area (Å²) in [6.45, 7) is -2.39. The third kappa shape index (κ3) is 14.6. The second-order valence-corrected chi connectivity index (χ2v) is 19.2. The number of hydrogen-bond donors (Lipinski definition) is 19. The van der Waals surface area contributed by atoms with Crippen LogP contribution in [0.3, 0.4) is 0 Å². The number of rotatable bonds is 21. The topological polar surface area (TPSA) is 554 Å². The Morgan fingerprint density at radius 3 is 1.60 bits per heavy atom. The average molecular weight is 1120 g/mol. The summed E-state index contributed by atoms with van der Waals surface area (Å²) in [7, 11) is -5.37. The molecule has 5 heterocycles. The smallest absolute Gasteiger partial charge is 0.397 e. The first-order valence-electron chi connectivity index (χ1n) is 22.9. The summed E-state index contributed by atoms with van der Waals surface area (Å²) < 4.78 is 87.4. The Labute approximate surface area is 424 Å². The SMILES string of the molecule is CC(=O)N[C@@H]1[C@@H](O[C@@H]2O[C@H](CO)[C@H](O)[C@H](O[C@]3(C(=O)O)C[C@H](O)[C@@H](NC(C)=O)[C@H]([C@H](O)[C@H](O)CO)O3)[C@H]2O)[C@@H](O)[C@@H](CO[C@@H]2O[C@H](CO)[C@@H](O[C@@H]3O[C@H](CO)[C@H](O)[C@H](OS(=O)(=O)O)[C@H]3O)[C@H](O)[C@H]2NC(C)=O)O[C@@H]1O. The van der Waals surface area contributed by atoms with E-state index in [2.05, 4.69) is 20.1 Å². The van der Waals surface area contributed by atoms with Crippen LogP contribution in [-0.2, 0) is 76.4 Å². The molecule has 3 amide bonds. The molecule has 5 saturated heterocycles. The lowest BCUT2D eigenvalue weighted by Crippen LogP contribution is -2.71. The van der Waals surface area contributed by atoms with E-state index in [1.54, 1.807) is 0 Å². The van der Waals surface area contributed by atoms with Gasteiger partial charge in [0.05, 0.1) is 45.2 Å². The molecule has 434 valence electrons. The van der Waals surface area contributed by atoms with Gasteiger partial charge in [0.1, 0.15) is 116 Å². The van der Waals surface area contributed by atoms with Crippen LogP contribution >= 0.6 is 0 Å². The Kier molecular flexibility index (Phi) is 21.9. The van der Waals surface area contributed by atoms with Gasteiger partial charge >= 0.3 is 16.4 Å². The molecule has 0 aromatic heterocycles. The first-order valence-corrected chi connectivity index (χ1v) is 24.2. The predicted molar refractivity (Wildman–Crippen MR) is 229 cm³/mol. The van der Waals surface area contributed by atoms with Crippen LogP contribution in [0.2, 0.25) is 0 Å². The molecule has 0 spiro atoms. The largest absolute Gasteiger partial charge is 0.477 e. The number of carboxylic acid groups (broad SMARTS) is 1. The molecule has 0 unspecified atom stereocenters. The molecule has 5 aliphatic rings. The van der Waals surface area contributed by atoms with Gasteiger partial charge in [0.25, 0.3) is 5.79 Å². The molecular weight excluding hydrogens is 1050 g/mol. The molecule has 75 heavy (non-hydrogen) atoms. The fraction of sp³-hybridized carbons (Fsp3) is 0.897. The van der Waals surface area contributed by atoms with Crippen LogP contribution in [0, 0.1) is 0 Å². The maximum absolute atomic E-state index is 13.0. The quantitative estimate of drug-likeness (QED) is 0.0475. The highest BCUT2D eigenvalue weighted by atomic mass is 32.3. The van der Waals surface area contributed by atoms with E-state index in [1.807, 2.05) is 0 Å². The number of aliphatic hydroxyl groups excluding tert-OH is 14. The van der Waals surface area contributed by atoms with E-state index in [0.717, 1.165) is 20.8 Å². The number of aliphatic carboxylic acids is 1. The third-order valence-corrected chi connectivity index (χ3v) is 13.1. The van der Waals surface area contributed by atoms with E-state index in [9.17, 15) is 109 Å². The van der Waals surface area contributed by atoms with Crippen LogP contribution in [-0.4, -0.2) is 305 Å². The number of aliphatic hydroxyl groups is 14. The minimum atomic E-state index is -5.37. The number of carbonyl (C=O) groups is 4. The second-order valence-electron chi connectivity index (χ2n) is 18.1. The zero-order chi connectivity index (χ0) is 56.2. The van der Waals surface area contributed by atoms with E-state index in [-0.39, 0.29) is 0 Å². The molecule has 19 N–H and O–H groups in total. The fourth-order valence-corrected chi connectivity index (χ4v) is 9.59. The summed E-state index contributed by atoms with van der Waals surface area (Å²) in [6.07, 6.45) is -46.8. The van der Waals surface area contributed by atoms with E-state index in [4.69, 9.17) is 42.6 Å². The Bertz CT molecular complexity index is 2030. The molecule has 0 bridgehead atoms. The first kappa shape index (κ1) is 62.7. The van der Waals surface area contributed by atoms with Gasteiger partial charge < -0.3 is 135 Å². The lowest BCUT2D eigenvalue weighted by molar-refractivity contribution is -0.381. The van der Waals surface area contributed by atoms with Crippen molar-refractivity contribution in [2.75, 3.05) is 33.0 Å². The molecule has 5 aliphatic heterocycles. The number of carbonyl (C=O) groups excluding carboxylic acids is 3. The Balaban J connectivity index is 1.39. The molecule has 26 atom stereocenters. The summed E-state index contributed by atoms with van der Waals surface area (Å²) >= 11 is 0. The van der Waals surface area contributed by atoms with Crippen molar-refractivity contribution in [3.05, 3.63) is 0 Å². The minimum Gasteiger partial charge on any atom is -0.477 e. The van der Waals surface area contributed by atoms with Crippen molar-refractivity contribution in [1.82, 2.24) is 16.0 Å². The summed E-state index contributed by atoms with van der Waals surface area (Å²) in [6, 6.07) is -5.21. The van der Waals surface area contributed by atoms with Crippen molar-refractivity contribution < 1.29 is 156 Å². The van der Waals surface area contributed by atoms with Crippen molar-refractivity contribution in [3.63, 3.8) is 0 Å². The molecule has 0 aromatic carbocycles. The lowest BCUT2D eigenvalue weighted by atomic mass is 9.88. The lowest BCUT2D eigenvalue weighted by Gasteiger charge is -2.51. The van der Waals surface area contributed by atoms with Crippen molar-refractivity contribution in [2.24, 2.45) is 0 Å². The zero-order valence-corrected chi connectivity index (χ0v) is 40.6. The van der Waals surface area contributed by atoms with Gasteiger partial charge in [-0.1, -0.05) is 0 Å². The fourth-order valence-electron chi connectivity index (χ4n) is 9.08. The van der Waals surface area contributed by atoms with Crippen molar-refractivity contribution in [2.45, 2.75) is 186 Å². The minimum absolute atomic E-state index is 0.829. The summed E-state index contributed by atoms with van der Waals surface area (Å²) in [5, 5.41) is 168. The Morgan fingerprint density at radius 1 is 0.613 bits per heavy atom. The van der Waals surface area contributed by atoms with Crippen molar-refractivity contribution in [3.8, 4) is 0 Å². The van der Waals surface area contributed by atoms with Crippen LogP contribution < -0.4 is 16.0 Å². The Hall–Kier alpha value is -3.17. The monoisotopic (exact) mass is 1120 g/mol. The molecule has 5 rings (SSSR count). The van der Waals surface area contributed by atoms with Crippen LogP contribution in [0.1, 0.15) is 27.2 Å². The number of amides is 3. The highest BCUT2D eigenvalue weighted by Crippen LogP contribution is 2.39. The normalized spacial score (nSPS) is 43.5. The summed E-state index contributed by atoms with van der Waals surface area (Å²) in [5.41, 5.74) is 0. The van der Waals surface area contributed by atoms with E-state index in [0.29, 0.717) is 0 Å². The molecular formula is C39H65N3O32S. The molecule has 0 aliphatic carbocycles. The van der Waals surface area contributed by atoms with Crippen LogP contribution in [0.25, 0.3) is 0 Å². The summed E-state index contributed by atoms with van der Waals surface area (Å²) in [5.74, 6) is -7.86. The zero-order valence-electron chi connectivity index (χ0n) is 39.8. The number of hydrogen-bond acceptors (Lipinski definition) is 30. The maximum atomic E-state index is 13.0. The van der Waals surface area contributed by atoms with Gasteiger partial charge in [-0.05, 0) is 0 Å². The molecule has 36 heteroatoms. The molecule has 35 nitrogen and oxygen atoms in total. The number of carboxylic acids is 1. The van der Waals surface area contributed by atoms with E-state index >= 15 is 0 Å². The standard InChI is InChI=1S/C39H65N3O32S/c1-10(47)40-19-13(50)4-39(38(60)61,72-31(19)22(52)14(51)5-43)73-32-23(53)15(6-44)67-36(27(32)57)71-30-21(42-12(3)49)34(59)66-18(25(30)55)9-65-35-20(41-11(2)48)26(56)29(17(8-46)69-35)70-37-28(58)33(74-75(62,63)64)24(54)16(7-45)68-37/h13-37,43-46,50-59H,4-9H2,1-3H3,(H,40,47)(H,41,48)(H,42,49)(H,60,61)(H,62,63,64)/t13-,14+,15+,16+,17+,18+,19+,20+,21+,22+,23-,24-,25-,26+,27+,28+,29+,30+,31+,32-,33-,34-,35+,36-,37-,39-/m0/s1. The second kappa shape index (κ2) is 26.2. The molecule has 0 radical (unpaired) electrons. The van der Waals surface area contributed by atoms with Crippen molar-refractivity contribution in [1.29, 1.82) is 0 Å². The van der Waals surface area contributed by atoms with Gasteiger partial charge in [0.2, 0.25) is 17.7 Å². The van der Waals surface area contributed by atoms with E-state index in [1.165, 1.54) is 0 Å². The maximum Gasteiger partial charge on any atom is 0.397 e. The Morgan fingerprint density at radius 2 is 1.09 bits per heavy atom. The number of ether oxygens (including phenoxy) is 9. The summed E-state index contributed by atoms with van der Waals surface area (Å²) in [4.78, 5) is 49.8. The molecule has 0 saturated carbocycles. The van der Waals surface area contributed by atoms with Gasteiger partial charge in [0, 0.05) is 27.2 Å². The molecule has 0 aromatic rings. The first-order chi connectivity index (χ1) is 35.0. The average Bonchev–Trinajstić information content (AvgIpc) is 3.33. The van der Waals surface area contributed by atoms with Gasteiger partial charge in [-0.25, -0.2) is 8.98 Å². The number of nitrogens with one attached hydrogen (secondary N) is 3. The van der Waals surface area contributed by atoms with Gasteiger partial charge in [0.15, 0.2) is 25.2 Å². The highest BCUT2D eigenvalue weighted by molar-refractivity contribution is 7.80. The van der Waals surface area contributed by atoms with Gasteiger partial charge in [-0.15, -0.1) is 0 Å². The van der Waals surface area contributed by atoms with E-state index < -0.39 is 232 Å². The third-order valence-electron chi connectivity index (χ3n) is 12.7. The van der Waals surface area contributed by atoms with Crippen molar-refractivity contribution >= 4 is 34.1 Å². The predicted octanol–water partition coefficient (Wildman–Crippen LogP) is -12.5. The van der Waals surface area contributed by atoms with Gasteiger partial charge in [-0.3, -0.25) is 18.9 Å². The van der Waals surface area contributed by atoms with Crippen LogP contribution in [0.15, 0.2) is 0 Å².